The Balaban J connectivity index is 2.42. The summed E-state index contributed by atoms with van der Waals surface area (Å²) < 4.78 is 5.22. The molecular formula is C16H17ClO. The number of ether oxygens (including phenoxy) is 1. The minimum absolute atomic E-state index is 0.594. The molecule has 2 aromatic carbocycles. The fourth-order valence-electron chi connectivity index (χ4n) is 1.93. The summed E-state index contributed by atoms with van der Waals surface area (Å²) in [5.41, 5.74) is 2.45. The molecule has 0 aliphatic rings. The molecule has 0 aromatic heterocycles. The van der Waals surface area contributed by atoms with Crippen LogP contribution in [0.2, 0.25) is 0 Å². The van der Waals surface area contributed by atoms with Crippen LogP contribution in [-0.4, -0.2) is 13.0 Å². The summed E-state index contributed by atoms with van der Waals surface area (Å²) in [6.45, 7) is 2.13. The smallest absolute Gasteiger partial charge is 0.119 e. The normalized spacial score (nSPS) is 11.8. The molecule has 0 amide bonds. The Hall–Kier alpha value is -1.47. The highest BCUT2D eigenvalue weighted by Gasteiger charge is 1.98. The number of halogens is 1. The SMILES string of the molecule is CCC(=Cc1ccc2cc(OC)ccc2c1)CCl. The Morgan fingerprint density at radius 1 is 1.17 bits per heavy atom. The molecule has 0 fully saturated rings. The van der Waals surface area contributed by atoms with Crippen LogP contribution in [0.5, 0.6) is 5.75 Å². The van der Waals surface area contributed by atoms with E-state index in [0.717, 1.165) is 12.2 Å². The predicted octanol–water partition coefficient (Wildman–Crippen LogP) is 4.88. The zero-order chi connectivity index (χ0) is 13.0. The zero-order valence-electron chi connectivity index (χ0n) is 10.7. The second kappa shape index (κ2) is 5.92. The van der Waals surface area contributed by atoms with E-state index in [4.69, 9.17) is 16.3 Å². The van der Waals surface area contributed by atoms with Gasteiger partial charge < -0.3 is 4.74 Å². The van der Waals surface area contributed by atoms with Crippen molar-refractivity contribution in [3.63, 3.8) is 0 Å². The molecule has 0 heterocycles. The van der Waals surface area contributed by atoms with Crippen molar-refractivity contribution in [2.45, 2.75) is 13.3 Å². The van der Waals surface area contributed by atoms with Gasteiger partial charge in [-0.2, -0.15) is 0 Å². The maximum Gasteiger partial charge on any atom is 0.119 e. The quantitative estimate of drug-likeness (QED) is 0.712. The molecule has 0 aliphatic heterocycles. The number of rotatable bonds is 4. The summed E-state index contributed by atoms with van der Waals surface area (Å²) in [6, 6.07) is 12.5. The Labute approximate surface area is 113 Å². The summed E-state index contributed by atoms with van der Waals surface area (Å²) in [7, 11) is 1.69. The van der Waals surface area contributed by atoms with Gasteiger partial charge in [-0.05, 0) is 41.0 Å². The Bertz CT molecular complexity index is 566. The van der Waals surface area contributed by atoms with E-state index in [0.29, 0.717) is 5.88 Å². The molecule has 2 rings (SSSR count). The molecule has 0 atom stereocenters. The zero-order valence-corrected chi connectivity index (χ0v) is 11.5. The number of benzene rings is 2. The van der Waals surface area contributed by atoms with Crippen LogP contribution in [0.3, 0.4) is 0 Å². The average molecular weight is 261 g/mol. The summed E-state index contributed by atoms with van der Waals surface area (Å²) in [6.07, 6.45) is 3.15. The first-order chi connectivity index (χ1) is 8.76. The third kappa shape index (κ3) is 2.85. The molecule has 94 valence electrons. The molecule has 2 heteroatoms. The first-order valence-corrected chi connectivity index (χ1v) is 6.63. The largest absolute Gasteiger partial charge is 0.497 e. The minimum Gasteiger partial charge on any atom is -0.497 e. The van der Waals surface area contributed by atoms with Gasteiger partial charge in [0.05, 0.1) is 7.11 Å². The van der Waals surface area contributed by atoms with Crippen LogP contribution in [0.4, 0.5) is 0 Å². The number of hydrogen-bond donors (Lipinski definition) is 0. The van der Waals surface area contributed by atoms with Crippen LogP contribution in [0.1, 0.15) is 18.9 Å². The molecule has 0 saturated heterocycles. The van der Waals surface area contributed by atoms with E-state index in [-0.39, 0.29) is 0 Å². The standard InChI is InChI=1S/C16H17ClO/c1-3-12(11-17)8-13-4-5-15-10-16(18-2)7-6-14(15)9-13/h4-10H,3,11H2,1-2H3. The number of fused-ring (bicyclic) bond motifs is 1. The van der Waals surface area contributed by atoms with E-state index in [9.17, 15) is 0 Å². The third-order valence-corrected chi connectivity index (χ3v) is 3.41. The van der Waals surface area contributed by atoms with E-state index in [1.807, 2.05) is 12.1 Å². The van der Waals surface area contributed by atoms with Gasteiger partial charge in [-0.15, -0.1) is 11.6 Å². The molecule has 2 aromatic rings. The first kappa shape index (κ1) is 13.0. The molecular weight excluding hydrogens is 244 g/mol. The predicted molar refractivity (Wildman–Crippen MR) is 79.5 cm³/mol. The monoisotopic (exact) mass is 260 g/mol. The van der Waals surface area contributed by atoms with E-state index >= 15 is 0 Å². The maximum absolute atomic E-state index is 5.89. The van der Waals surface area contributed by atoms with Crippen molar-refractivity contribution in [3.05, 3.63) is 47.5 Å². The van der Waals surface area contributed by atoms with Crippen molar-refractivity contribution in [1.29, 1.82) is 0 Å². The lowest BCUT2D eigenvalue weighted by atomic mass is 10.0. The lowest BCUT2D eigenvalue weighted by molar-refractivity contribution is 0.415. The van der Waals surface area contributed by atoms with Crippen molar-refractivity contribution in [3.8, 4) is 5.75 Å². The van der Waals surface area contributed by atoms with E-state index < -0.39 is 0 Å². The van der Waals surface area contributed by atoms with Gasteiger partial charge in [0.1, 0.15) is 5.75 Å². The number of hydrogen-bond acceptors (Lipinski definition) is 1. The second-order valence-corrected chi connectivity index (χ2v) is 4.53. The lowest BCUT2D eigenvalue weighted by Gasteiger charge is -2.04. The highest BCUT2D eigenvalue weighted by Crippen LogP contribution is 2.23. The van der Waals surface area contributed by atoms with Gasteiger partial charge in [0.15, 0.2) is 0 Å². The summed E-state index contributed by atoms with van der Waals surface area (Å²) in [5.74, 6) is 1.48. The topological polar surface area (TPSA) is 9.23 Å². The van der Waals surface area contributed by atoms with Crippen molar-refractivity contribution < 1.29 is 4.74 Å². The minimum atomic E-state index is 0.594. The van der Waals surface area contributed by atoms with Crippen LogP contribution in [0.25, 0.3) is 16.8 Å². The lowest BCUT2D eigenvalue weighted by Crippen LogP contribution is -1.85. The highest BCUT2D eigenvalue weighted by molar-refractivity contribution is 6.19. The van der Waals surface area contributed by atoms with Crippen LogP contribution in [0.15, 0.2) is 42.0 Å². The first-order valence-electron chi connectivity index (χ1n) is 6.10. The van der Waals surface area contributed by atoms with Gasteiger partial charge >= 0.3 is 0 Å². The number of alkyl halides is 1. The van der Waals surface area contributed by atoms with Crippen LogP contribution in [-0.2, 0) is 0 Å². The van der Waals surface area contributed by atoms with E-state index in [1.165, 1.54) is 21.9 Å². The Morgan fingerprint density at radius 2 is 1.89 bits per heavy atom. The molecule has 18 heavy (non-hydrogen) atoms. The van der Waals surface area contributed by atoms with Crippen LogP contribution in [0, 0.1) is 0 Å². The van der Waals surface area contributed by atoms with Gasteiger partial charge in [0.25, 0.3) is 0 Å². The van der Waals surface area contributed by atoms with Crippen molar-refractivity contribution >= 4 is 28.4 Å². The van der Waals surface area contributed by atoms with E-state index in [1.54, 1.807) is 7.11 Å². The molecule has 1 nitrogen and oxygen atoms in total. The Kier molecular flexibility index (Phi) is 4.27. The molecule has 0 saturated carbocycles. The molecule has 0 N–H and O–H groups in total. The fourth-order valence-corrected chi connectivity index (χ4v) is 2.20. The van der Waals surface area contributed by atoms with Gasteiger partial charge in [0.2, 0.25) is 0 Å². The van der Waals surface area contributed by atoms with Gasteiger partial charge in [-0.25, -0.2) is 0 Å². The highest BCUT2D eigenvalue weighted by atomic mass is 35.5. The van der Waals surface area contributed by atoms with Crippen LogP contribution >= 0.6 is 11.6 Å². The maximum atomic E-state index is 5.89. The summed E-state index contributed by atoms with van der Waals surface area (Å²) in [5, 5.41) is 2.41. The molecule has 0 radical (unpaired) electrons. The van der Waals surface area contributed by atoms with Crippen molar-refractivity contribution in [1.82, 2.24) is 0 Å². The molecule has 0 bridgehead atoms. The average Bonchev–Trinajstić information content (AvgIpc) is 2.44. The summed E-state index contributed by atoms with van der Waals surface area (Å²) in [4.78, 5) is 0. The van der Waals surface area contributed by atoms with Crippen molar-refractivity contribution in [2.24, 2.45) is 0 Å². The Morgan fingerprint density at radius 3 is 2.56 bits per heavy atom. The molecule has 0 unspecified atom stereocenters. The fraction of sp³-hybridized carbons (Fsp3) is 0.250. The summed E-state index contributed by atoms with van der Waals surface area (Å²) >= 11 is 5.89. The van der Waals surface area contributed by atoms with Gasteiger partial charge in [0, 0.05) is 5.88 Å². The number of methoxy groups -OCH3 is 1. The second-order valence-electron chi connectivity index (χ2n) is 4.26. The van der Waals surface area contributed by atoms with Crippen LogP contribution < -0.4 is 4.74 Å². The van der Waals surface area contributed by atoms with Gasteiger partial charge in [-0.1, -0.05) is 36.8 Å². The molecule has 0 spiro atoms. The van der Waals surface area contributed by atoms with Crippen molar-refractivity contribution in [2.75, 3.05) is 13.0 Å². The van der Waals surface area contributed by atoms with E-state index in [2.05, 4.69) is 37.3 Å². The number of allylic oxidation sites excluding steroid dienone is 1. The van der Waals surface area contributed by atoms with Gasteiger partial charge in [-0.3, -0.25) is 0 Å². The third-order valence-electron chi connectivity index (χ3n) is 3.07. The molecule has 0 aliphatic carbocycles.